The fraction of sp³-hybridized carbons (Fsp3) is 0. The Bertz CT molecular complexity index is 2180. The smallest absolute Gasteiger partial charge is 0.0737 e. The van der Waals surface area contributed by atoms with Gasteiger partial charge in [-0.1, -0.05) is 121 Å². The van der Waals surface area contributed by atoms with Gasteiger partial charge in [-0.25, -0.2) is 9.97 Å². The molecule has 0 fully saturated rings. The predicted molar refractivity (Wildman–Crippen MR) is 201 cm³/mol. The molecule has 0 saturated carbocycles. The van der Waals surface area contributed by atoms with E-state index in [4.69, 9.17) is 9.97 Å². The summed E-state index contributed by atoms with van der Waals surface area (Å²) < 4.78 is 0. The first-order valence-electron chi connectivity index (χ1n) is 16.2. The van der Waals surface area contributed by atoms with E-state index in [0.717, 1.165) is 89.4 Å². The van der Waals surface area contributed by atoms with Crippen molar-refractivity contribution in [2.45, 2.75) is 0 Å². The number of hydrogen-bond donors (Lipinski definition) is 2. The largest absolute Gasteiger partial charge is 0.354 e. The molecule has 0 saturated heterocycles. The Kier molecular flexibility index (Phi) is 8.05. The fourth-order valence-corrected chi connectivity index (χ4v) is 6.84. The van der Waals surface area contributed by atoms with Crippen molar-refractivity contribution in [3.05, 3.63) is 168 Å². The number of benzene rings is 4. The zero-order valence-electron chi connectivity index (χ0n) is 26.4. The maximum Gasteiger partial charge on any atom is 0.0737 e. The third-order valence-corrected chi connectivity index (χ3v) is 9.00. The molecule has 2 aliphatic heterocycles. The molecular weight excluding hydrogens is 687 g/mol. The van der Waals surface area contributed by atoms with Crippen molar-refractivity contribution in [2.24, 2.45) is 0 Å². The van der Waals surface area contributed by atoms with Crippen molar-refractivity contribution >= 4 is 46.4 Å². The van der Waals surface area contributed by atoms with Crippen LogP contribution in [0.3, 0.4) is 0 Å². The number of H-pyrrole nitrogens is 2. The second-order valence-electron chi connectivity index (χ2n) is 12.0. The molecule has 0 spiro atoms. The molecule has 235 valence electrons. The second-order valence-corrected chi connectivity index (χ2v) is 12.0. The van der Waals surface area contributed by atoms with E-state index in [1.807, 2.05) is 24.3 Å². The molecule has 0 aliphatic carbocycles. The Morgan fingerprint density at radius 3 is 0.735 bits per heavy atom. The fourth-order valence-electron chi connectivity index (χ4n) is 6.84. The number of nitrogens with zero attached hydrogens (tertiary/aromatic N) is 2. The molecule has 5 heterocycles. The van der Waals surface area contributed by atoms with Crippen LogP contribution < -0.4 is 0 Å². The molecule has 49 heavy (non-hydrogen) atoms. The van der Waals surface area contributed by atoms with Crippen LogP contribution in [0.5, 0.6) is 0 Å². The SMILES string of the molecule is C1=Cc2nc1c(-c1ccccc1)c1ccc([nH]1)c(-c1ccccc1)c1nc(c(-c3ccccc3)c3ccc([nH]3)c2-c2ccccc2)C=C1.[Rh]. The van der Waals surface area contributed by atoms with Crippen LogP contribution in [0.15, 0.2) is 146 Å². The van der Waals surface area contributed by atoms with Crippen molar-refractivity contribution in [3.8, 4) is 44.5 Å². The van der Waals surface area contributed by atoms with Crippen LogP contribution >= 0.6 is 0 Å². The second kappa shape index (κ2) is 13.0. The Labute approximate surface area is 297 Å². The maximum atomic E-state index is 5.35. The first-order valence-corrected chi connectivity index (χ1v) is 16.2. The molecule has 8 bridgehead atoms. The summed E-state index contributed by atoms with van der Waals surface area (Å²) >= 11 is 0. The Hall–Kier alpha value is -5.90. The van der Waals surface area contributed by atoms with Crippen molar-refractivity contribution < 1.29 is 19.5 Å². The van der Waals surface area contributed by atoms with Crippen molar-refractivity contribution in [2.75, 3.05) is 0 Å². The molecule has 0 atom stereocenters. The van der Waals surface area contributed by atoms with Gasteiger partial charge >= 0.3 is 0 Å². The van der Waals surface area contributed by atoms with Gasteiger partial charge in [0.2, 0.25) is 0 Å². The minimum absolute atomic E-state index is 0. The third kappa shape index (κ3) is 5.59. The number of nitrogens with one attached hydrogen (secondary N) is 2. The van der Waals surface area contributed by atoms with E-state index in [1.165, 1.54) is 0 Å². The first-order chi connectivity index (χ1) is 23.8. The summed E-state index contributed by atoms with van der Waals surface area (Å²) in [6, 6.07) is 50.7. The van der Waals surface area contributed by atoms with E-state index in [2.05, 4.69) is 156 Å². The van der Waals surface area contributed by atoms with E-state index >= 15 is 0 Å². The summed E-state index contributed by atoms with van der Waals surface area (Å²) in [5, 5.41) is 0. The molecule has 2 aliphatic rings. The molecule has 5 heteroatoms. The van der Waals surface area contributed by atoms with Gasteiger partial charge in [0.05, 0.1) is 22.8 Å². The summed E-state index contributed by atoms with van der Waals surface area (Å²) in [5.74, 6) is 0. The van der Waals surface area contributed by atoms with Crippen LogP contribution in [0.25, 0.3) is 90.9 Å². The van der Waals surface area contributed by atoms with E-state index < -0.39 is 0 Å². The Morgan fingerprint density at radius 1 is 0.286 bits per heavy atom. The molecule has 4 aromatic carbocycles. The van der Waals surface area contributed by atoms with Gasteiger partial charge in [-0.3, -0.25) is 0 Å². The van der Waals surface area contributed by atoms with E-state index in [9.17, 15) is 0 Å². The minimum Gasteiger partial charge on any atom is -0.354 e. The molecule has 9 rings (SSSR count). The van der Waals surface area contributed by atoms with Gasteiger partial charge in [-0.15, -0.1) is 0 Å². The molecular formula is C44H30N4Rh. The molecule has 2 N–H and O–H groups in total. The van der Waals surface area contributed by atoms with Gasteiger partial charge in [-0.05, 0) is 70.8 Å². The number of rotatable bonds is 4. The zero-order chi connectivity index (χ0) is 31.9. The summed E-state index contributed by atoms with van der Waals surface area (Å²) in [6.07, 6.45) is 8.54. The molecule has 0 unspecified atom stereocenters. The van der Waals surface area contributed by atoms with E-state index in [0.29, 0.717) is 0 Å². The topological polar surface area (TPSA) is 57.4 Å². The Balaban J connectivity index is 0.00000348. The summed E-state index contributed by atoms with van der Waals surface area (Å²) in [6.45, 7) is 0. The maximum absolute atomic E-state index is 5.35. The number of aromatic nitrogens is 4. The standard InChI is InChI=1S/C44H30N4.Rh/c1-5-13-29(14-6-1)41-33-21-23-35(45-33)42(30-15-7-2-8-16-30)37-25-27-39(47-37)44(32-19-11-4-12-20-32)40-28-26-38(48-40)43(31-17-9-3-10-18-31)36-24-22-34(41)46-36;/h1-28,45,48H;. The van der Waals surface area contributed by atoms with Crippen molar-refractivity contribution in [3.63, 3.8) is 0 Å². The quantitative estimate of drug-likeness (QED) is 0.178. The van der Waals surface area contributed by atoms with Crippen LogP contribution in [0.4, 0.5) is 0 Å². The predicted octanol–water partition coefficient (Wildman–Crippen LogP) is 11.3. The summed E-state index contributed by atoms with van der Waals surface area (Å²) in [5.41, 5.74) is 16.2. The van der Waals surface area contributed by atoms with Crippen molar-refractivity contribution in [1.82, 2.24) is 19.9 Å². The van der Waals surface area contributed by atoms with Gasteiger partial charge < -0.3 is 9.97 Å². The van der Waals surface area contributed by atoms with E-state index in [1.54, 1.807) is 0 Å². The molecule has 7 aromatic rings. The molecule has 1 radical (unpaired) electrons. The van der Waals surface area contributed by atoms with Crippen LogP contribution in [0, 0.1) is 0 Å². The van der Waals surface area contributed by atoms with Gasteiger partial charge in [-0.2, -0.15) is 0 Å². The van der Waals surface area contributed by atoms with Crippen LogP contribution in [-0.2, 0) is 19.5 Å². The average molecular weight is 718 g/mol. The molecule has 4 nitrogen and oxygen atoms in total. The van der Waals surface area contributed by atoms with E-state index in [-0.39, 0.29) is 19.5 Å². The Morgan fingerprint density at radius 2 is 0.510 bits per heavy atom. The number of aromatic amines is 2. The molecule has 3 aromatic heterocycles. The monoisotopic (exact) mass is 717 g/mol. The number of hydrogen-bond acceptors (Lipinski definition) is 2. The molecule has 0 amide bonds. The van der Waals surface area contributed by atoms with Gasteiger partial charge in [0.25, 0.3) is 0 Å². The third-order valence-electron chi connectivity index (χ3n) is 9.00. The summed E-state index contributed by atoms with van der Waals surface area (Å²) in [4.78, 5) is 18.3. The summed E-state index contributed by atoms with van der Waals surface area (Å²) in [7, 11) is 0. The zero-order valence-corrected chi connectivity index (χ0v) is 28.0. The van der Waals surface area contributed by atoms with Gasteiger partial charge in [0, 0.05) is 63.8 Å². The average Bonchev–Trinajstić information content (AvgIpc) is 3.98. The van der Waals surface area contributed by atoms with Gasteiger partial charge in [0.1, 0.15) is 0 Å². The number of fused-ring (bicyclic) bond motifs is 8. The van der Waals surface area contributed by atoms with Crippen molar-refractivity contribution in [1.29, 1.82) is 0 Å². The van der Waals surface area contributed by atoms with Crippen LogP contribution in [0.2, 0.25) is 0 Å². The van der Waals surface area contributed by atoms with Crippen LogP contribution in [-0.4, -0.2) is 19.9 Å². The van der Waals surface area contributed by atoms with Gasteiger partial charge in [0.15, 0.2) is 0 Å². The minimum atomic E-state index is 0. The first kappa shape index (κ1) is 30.4. The van der Waals surface area contributed by atoms with Crippen LogP contribution in [0.1, 0.15) is 22.8 Å². The normalized spacial score (nSPS) is 11.8.